The van der Waals surface area contributed by atoms with Gasteiger partial charge in [-0.3, -0.25) is 0 Å². The number of allylic oxidation sites excluding steroid dienone is 2. The van der Waals surface area contributed by atoms with Gasteiger partial charge >= 0.3 is 11.9 Å². The standard InChI is InChI=1S/C22H23NO3/c1-12(2)18-20(22(25)26-21(18)24)14(4)19-13(3)15(5)23(16(19)6)17-10-8-7-9-11-17/h7-11H,1-6H3. The van der Waals surface area contributed by atoms with Gasteiger partial charge in [-0.25, -0.2) is 9.59 Å². The van der Waals surface area contributed by atoms with Crippen LogP contribution in [-0.2, 0) is 14.3 Å². The number of benzene rings is 1. The van der Waals surface area contributed by atoms with Gasteiger partial charge in [-0.1, -0.05) is 23.8 Å². The van der Waals surface area contributed by atoms with Crippen molar-refractivity contribution < 1.29 is 14.3 Å². The van der Waals surface area contributed by atoms with Gasteiger partial charge in [0.1, 0.15) is 0 Å². The molecule has 4 heteroatoms. The van der Waals surface area contributed by atoms with Crippen LogP contribution >= 0.6 is 0 Å². The zero-order chi connectivity index (χ0) is 19.2. The molecule has 3 rings (SSSR count). The lowest BCUT2D eigenvalue weighted by atomic mass is 9.93. The number of aromatic nitrogens is 1. The van der Waals surface area contributed by atoms with Crippen LogP contribution in [0, 0.1) is 20.8 Å². The maximum Gasteiger partial charge on any atom is 0.347 e. The van der Waals surface area contributed by atoms with Crippen LogP contribution in [0.1, 0.15) is 43.3 Å². The van der Waals surface area contributed by atoms with E-state index in [1.807, 2.05) is 52.8 Å². The van der Waals surface area contributed by atoms with Crippen molar-refractivity contribution in [3.05, 3.63) is 69.6 Å². The van der Waals surface area contributed by atoms with Crippen LogP contribution in [0.2, 0.25) is 0 Å². The summed E-state index contributed by atoms with van der Waals surface area (Å²) < 4.78 is 7.07. The number of rotatable bonds is 2. The number of esters is 2. The molecule has 0 spiro atoms. The first kappa shape index (κ1) is 17.9. The highest BCUT2D eigenvalue weighted by atomic mass is 16.6. The number of para-hydroxylation sites is 1. The molecule has 0 amide bonds. The van der Waals surface area contributed by atoms with Crippen LogP contribution in [0.15, 0.2) is 47.1 Å². The molecular weight excluding hydrogens is 326 g/mol. The average molecular weight is 349 g/mol. The summed E-state index contributed by atoms with van der Waals surface area (Å²) in [5.41, 5.74) is 7.64. The summed E-state index contributed by atoms with van der Waals surface area (Å²) in [5.74, 6) is -1.12. The minimum atomic E-state index is -0.562. The molecular formula is C22H23NO3. The average Bonchev–Trinajstić information content (AvgIpc) is 3.01. The summed E-state index contributed by atoms with van der Waals surface area (Å²) in [7, 11) is 0. The van der Waals surface area contributed by atoms with Gasteiger partial charge in [0.05, 0.1) is 11.1 Å². The topological polar surface area (TPSA) is 48.3 Å². The molecule has 134 valence electrons. The monoisotopic (exact) mass is 349 g/mol. The fourth-order valence-corrected chi connectivity index (χ4v) is 3.81. The third kappa shape index (κ3) is 2.62. The summed E-state index contributed by atoms with van der Waals surface area (Å²) in [6.07, 6.45) is 0. The summed E-state index contributed by atoms with van der Waals surface area (Å²) in [5, 5.41) is 0. The SMILES string of the molecule is CC(C)=C1C(=O)OC(=O)C1=C(C)c1c(C)c(C)n(-c2ccccc2)c1C. The van der Waals surface area contributed by atoms with Gasteiger partial charge in [-0.15, -0.1) is 0 Å². The Labute approximate surface area is 153 Å². The number of ether oxygens (including phenoxy) is 1. The lowest BCUT2D eigenvalue weighted by molar-refractivity contribution is -0.149. The minimum Gasteiger partial charge on any atom is -0.386 e. The Bertz CT molecular complexity index is 984. The van der Waals surface area contributed by atoms with Crippen molar-refractivity contribution in [1.82, 2.24) is 4.57 Å². The van der Waals surface area contributed by atoms with Crippen molar-refractivity contribution in [3.8, 4) is 5.69 Å². The summed E-state index contributed by atoms with van der Waals surface area (Å²) in [6, 6.07) is 10.1. The van der Waals surface area contributed by atoms with E-state index in [0.717, 1.165) is 39.3 Å². The van der Waals surface area contributed by atoms with Gasteiger partial charge in [-0.05, 0) is 64.8 Å². The lowest BCUT2D eigenvalue weighted by Gasteiger charge is -2.10. The Balaban J connectivity index is 2.30. The molecule has 0 unspecified atom stereocenters. The van der Waals surface area contributed by atoms with E-state index in [1.54, 1.807) is 0 Å². The van der Waals surface area contributed by atoms with Gasteiger partial charge in [0.2, 0.25) is 0 Å². The molecule has 1 saturated heterocycles. The van der Waals surface area contributed by atoms with Gasteiger partial charge in [0.25, 0.3) is 0 Å². The van der Waals surface area contributed by atoms with Gasteiger partial charge in [-0.2, -0.15) is 0 Å². The normalized spacial score (nSPS) is 16.2. The number of cyclic esters (lactones) is 2. The Morgan fingerprint density at radius 3 is 2.00 bits per heavy atom. The molecule has 4 nitrogen and oxygen atoms in total. The largest absolute Gasteiger partial charge is 0.386 e. The zero-order valence-corrected chi connectivity index (χ0v) is 16.1. The van der Waals surface area contributed by atoms with E-state index in [2.05, 4.69) is 23.6 Å². The first-order chi connectivity index (χ1) is 12.3. The molecule has 0 radical (unpaired) electrons. The molecule has 0 N–H and O–H groups in total. The number of hydrogen-bond acceptors (Lipinski definition) is 3. The molecule has 0 aliphatic carbocycles. The Kier molecular flexibility index (Phi) is 4.45. The third-order valence-electron chi connectivity index (χ3n) is 5.06. The molecule has 2 aromatic rings. The number of nitrogens with zero attached hydrogens (tertiary/aromatic N) is 1. The van der Waals surface area contributed by atoms with E-state index < -0.39 is 11.9 Å². The van der Waals surface area contributed by atoms with Crippen molar-refractivity contribution in [2.45, 2.75) is 41.5 Å². The van der Waals surface area contributed by atoms with E-state index >= 15 is 0 Å². The van der Waals surface area contributed by atoms with Crippen LogP contribution in [0.5, 0.6) is 0 Å². The van der Waals surface area contributed by atoms with E-state index in [-0.39, 0.29) is 0 Å². The van der Waals surface area contributed by atoms with Crippen molar-refractivity contribution >= 4 is 17.5 Å². The molecule has 0 atom stereocenters. The summed E-state index contributed by atoms with van der Waals surface area (Å²) in [4.78, 5) is 24.5. The fraction of sp³-hybridized carbons (Fsp3) is 0.273. The minimum absolute atomic E-state index is 0.381. The van der Waals surface area contributed by atoms with E-state index in [1.165, 1.54) is 0 Å². The van der Waals surface area contributed by atoms with Gasteiger partial charge in [0.15, 0.2) is 0 Å². The van der Waals surface area contributed by atoms with Crippen LogP contribution in [0.3, 0.4) is 0 Å². The molecule has 1 fully saturated rings. The molecule has 0 saturated carbocycles. The van der Waals surface area contributed by atoms with Gasteiger partial charge < -0.3 is 9.30 Å². The number of hydrogen-bond donors (Lipinski definition) is 0. The first-order valence-electron chi connectivity index (χ1n) is 8.65. The highest BCUT2D eigenvalue weighted by molar-refractivity contribution is 6.22. The second-order valence-electron chi connectivity index (χ2n) is 6.89. The molecule has 1 aliphatic rings. The smallest absolute Gasteiger partial charge is 0.347 e. The van der Waals surface area contributed by atoms with Crippen molar-refractivity contribution in [2.75, 3.05) is 0 Å². The highest BCUT2D eigenvalue weighted by Gasteiger charge is 2.37. The summed E-state index contributed by atoms with van der Waals surface area (Å²) in [6.45, 7) is 11.7. The molecule has 1 aliphatic heterocycles. The predicted molar refractivity (Wildman–Crippen MR) is 102 cm³/mol. The first-order valence-corrected chi connectivity index (χ1v) is 8.65. The molecule has 2 heterocycles. The summed E-state index contributed by atoms with van der Waals surface area (Å²) >= 11 is 0. The Hall–Kier alpha value is -2.88. The maximum atomic E-state index is 12.4. The molecule has 1 aromatic carbocycles. The van der Waals surface area contributed by atoms with E-state index in [9.17, 15) is 9.59 Å². The second-order valence-corrected chi connectivity index (χ2v) is 6.89. The van der Waals surface area contributed by atoms with E-state index in [0.29, 0.717) is 11.1 Å². The Morgan fingerprint density at radius 1 is 0.846 bits per heavy atom. The van der Waals surface area contributed by atoms with Crippen molar-refractivity contribution in [3.63, 3.8) is 0 Å². The van der Waals surface area contributed by atoms with E-state index in [4.69, 9.17) is 4.74 Å². The van der Waals surface area contributed by atoms with Crippen molar-refractivity contribution in [1.29, 1.82) is 0 Å². The van der Waals surface area contributed by atoms with Crippen LogP contribution in [-0.4, -0.2) is 16.5 Å². The van der Waals surface area contributed by atoms with Crippen LogP contribution in [0.25, 0.3) is 11.3 Å². The lowest BCUT2D eigenvalue weighted by Crippen LogP contribution is -2.02. The van der Waals surface area contributed by atoms with Crippen LogP contribution in [0.4, 0.5) is 0 Å². The molecule has 0 bridgehead atoms. The second kappa shape index (κ2) is 6.45. The quantitative estimate of drug-likeness (QED) is 0.452. The predicted octanol–water partition coefficient (Wildman–Crippen LogP) is 4.60. The van der Waals surface area contributed by atoms with Crippen molar-refractivity contribution in [2.24, 2.45) is 0 Å². The highest BCUT2D eigenvalue weighted by Crippen LogP contribution is 2.37. The number of carbonyl (C=O) groups excluding carboxylic acids is 2. The zero-order valence-electron chi connectivity index (χ0n) is 16.1. The van der Waals surface area contributed by atoms with Gasteiger partial charge in [0, 0.05) is 22.6 Å². The third-order valence-corrected chi connectivity index (χ3v) is 5.06. The van der Waals surface area contributed by atoms with Crippen LogP contribution < -0.4 is 0 Å². The maximum absolute atomic E-state index is 12.4. The molecule has 1 aromatic heterocycles. The number of carbonyl (C=O) groups is 2. The molecule has 26 heavy (non-hydrogen) atoms. The fourth-order valence-electron chi connectivity index (χ4n) is 3.81. The Morgan fingerprint density at radius 2 is 1.42 bits per heavy atom.